The number of rotatable bonds is 4. The largest absolute Gasteiger partial charge is 0.326 e. The molecular formula is C15H21N3O. The summed E-state index contributed by atoms with van der Waals surface area (Å²) in [5.74, 6) is 0.0221. The van der Waals surface area contributed by atoms with Crippen LogP contribution in [0.3, 0.4) is 0 Å². The van der Waals surface area contributed by atoms with Crippen LogP contribution < -0.4 is 11.1 Å². The van der Waals surface area contributed by atoms with Crippen molar-refractivity contribution in [2.24, 2.45) is 5.73 Å². The molecule has 0 aliphatic carbocycles. The van der Waals surface area contributed by atoms with Crippen LogP contribution in [0.1, 0.15) is 18.9 Å². The minimum Gasteiger partial charge on any atom is -0.326 e. The van der Waals surface area contributed by atoms with Gasteiger partial charge in [0.25, 0.3) is 0 Å². The molecule has 0 atom stereocenters. The molecule has 1 aromatic carbocycles. The lowest BCUT2D eigenvalue weighted by Gasteiger charge is -2.24. The Kier molecular flexibility index (Phi) is 4.71. The van der Waals surface area contributed by atoms with E-state index >= 15 is 0 Å². The maximum atomic E-state index is 12.0. The van der Waals surface area contributed by atoms with Gasteiger partial charge in [-0.15, -0.1) is 0 Å². The van der Waals surface area contributed by atoms with E-state index in [9.17, 15) is 4.79 Å². The zero-order chi connectivity index (χ0) is 13.7. The maximum absolute atomic E-state index is 12.0. The van der Waals surface area contributed by atoms with Gasteiger partial charge in [-0.3, -0.25) is 9.69 Å². The molecule has 0 bridgehead atoms. The number of benzene rings is 1. The van der Waals surface area contributed by atoms with Crippen LogP contribution in [0.25, 0.3) is 0 Å². The SMILES string of the molecule is CC1=CCN(CC(=O)Nc2ccccc2CN)CC1. The van der Waals surface area contributed by atoms with Crippen molar-refractivity contribution in [2.45, 2.75) is 19.9 Å². The van der Waals surface area contributed by atoms with Crippen molar-refractivity contribution in [3.8, 4) is 0 Å². The first-order valence-corrected chi connectivity index (χ1v) is 6.65. The molecule has 4 nitrogen and oxygen atoms in total. The first-order chi connectivity index (χ1) is 9.19. The van der Waals surface area contributed by atoms with Crippen molar-refractivity contribution < 1.29 is 4.79 Å². The summed E-state index contributed by atoms with van der Waals surface area (Å²) in [6.45, 7) is 4.81. The highest BCUT2D eigenvalue weighted by Crippen LogP contribution is 2.14. The van der Waals surface area contributed by atoms with Gasteiger partial charge in [-0.1, -0.05) is 29.8 Å². The lowest BCUT2D eigenvalue weighted by atomic mass is 10.1. The van der Waals surface area contributed by atoms with Gasteiger partial charge in [0, 0.05) is 25.3 Å². The molecule has 1 heterocycles. The number of nitrogens with zero attached hydrogens (tertiary/aromatic N) is 1. The van der Waals surface area contributed by atoms with Crippen molar-refractivity contribution in [3.63, 3.8) is 0 Å². The van der Waals surface area contributed by atoms with Crippen molar-refractivity contribution in [1.82, 2.24) is 4.90 Å². The van der Waals surface area contributed by atoms with Gasteiger partial charge >= 0.3 is 0 Å². The summed E-state index contributed by atoms with van der Waals surface area (Å²) in [6, 6.07) is 7.65. The third-order valence-electron chi connectivity index (χ3n) is 3.40. The second-order valence-corrected chi connectivity index (χ2v) is 4.95. The Hall–Kier alpha value is -1.65. The molecule has 0 aromatic heterocycles. The smallest absolute Gasteiger partial charge is 0.238 e. The third-order valence-corrected chi connectivity index (χ3v) is 3.40. The van der Waals surface area contributed by atoms with Crippen molar-refractivity contribution >= 4 is 11.6 Å². The topological polar surface area (TPSA) is 58.4 Å². The van der Waals surface area contributed by atoms with E-state index < -0.39 is 0 Å². The summed E-state index contributed by atoms with van der Waals surface area (Å²) in [7, 11) is 0. The van der Waals surface area contributed by atoms with Crippen LogP contribution in [0.5, 0.6) is 0 Å². The van der Waals surface area contributed by atoms with E-state index in [1.54, 1.807) is 0 Å². The Morgan fingerprint density at radius 1 is 1.42 bits per heavy atom. The fraction of sp³-hybridized carbons (Fsp3) is 0.400. The van der Waals surface area contributed by atoms with Crippen LogP contribution in [-0.2, 0) is 11.3 Å². The Morgan fingerprint density at radius 2 is 2.21 bits per heavy atom. The summed E-state index contributed by atoms with van der Waals surface area (Å²) < 4.78 is 0. The van der Waals surface area contributed by atoms with Gasteiger partial charge < -0.3 is 11.1 Å². The molecule has 3 N–H and O–H groups in total. The third kappa shape index (κ3) is 3.91. The Balaban J connectivity index is 1.91. The molecule has 19 heavy (non-hydrogen) atoms. The maximum Gasteiger partial charge on any atom is 0.238 e. The molecule has 0 radical (unpaired) electrons. The van der Waals surface area contributed by atoms with Gasteiger partial charge in [0.2, 0.25) is 5.91 Å². The molecule has 0 spiro atoms. The summed E-state index contributed by atoms with van der Waals surface area (Å²) in [5.41, 5.74) is 8.85. The zero-order valence-electron chi connectivity index (χ0n) is 11.4. The lowest BCUT2D eigenvalue weighted by Crippen LogP contribution is -2.36. The zero-order valence-corrected chi connectivity index (χ0v) is 11.4. The van der Waals surface area contributed by atoms with Crippen LogP contribution >= 0.6 is 0 Å². The Bertz CT molecular complexity index is 482. The number of amides is 1. The molecule has 1 aromatic rings. The highest BCUT2D eigenvalue weighted by molar-refractivity contribution is 5.93. The first kappa shape index (κ1) is 13.8. The van der Waals surface area contributed by atoms with E-state index in [1.165, 1.54) is 5.57 Å². The van der Waals surface area contributed by atoms with Crippen LogP contribution in [-0.4, -0.2) is 30.4 Å². The molecule has 2 rings (SSSR count). The molecule has 4 heteroatoms. The van der Waals surface area contributed by atoms with Gasteiger partial charge in [-0.2, -0.15) is 0 Å². The Labute approximate surface area is 114 Å². The van der Waals surface area contributed by atoms with Crippen molar-refractivity contribution in [1.29, 1.82) is 0 Å². The summed E-state index contributed by atoms with van der Waals surface area (Å²) in [4.78, 5) is 14.2. The summed E-state index contributed by atoms with van der Waals surface area (Å²) >= 11 is 0. The highest BCUT2D eigenvalue weighted by Gasteiger charge is 2.13. The molecule has 1 aliphatic heterocycles. The molecule has 0 saturated heterocycles. The molecular weight excluding hydrogens is 238 g/mol. The number of hydrogen-bond donors (Lipinski definition) is 2. The molecule has 0 unspecified atom stereocenters. The minimum absolute atomic E-state index is 0.0221. The quantitative estimate of drug-likeness (QED) is 0.810. The fourth-order valence-electron chi connectivity index (χ4n) is 2.17. The number of hydrogen-bond acceptors (Lipinski definition) is 3. The van der Waals surface area contributed by atoms with E-state index in [4.69, 9.17) is 5.73 Å². The van der Waals surface area contributed by atoms with Crippen molar-refractivity contribution in [2.75, 3.05) is 25.0 Å². The number of nitrogens with one attached hydrogen (secondary N) is 1. The van der Waals surface area contributed by atoms with Gasteiger partial charge in [-0.05, 0) is 25.0 Å². The predicted octanol–water partition coefficient (Wildman–Crippen LogP) is 1.74. The average Bonchev–Trinajstić information content (AvgIpc) is 2.42. The van der Waals surface area contributed by atoms with E-state index in [1.807, 2.05) is 24.3 Å². The number of para-hydroxylation sites is 1. The van der Waals surface area contributed by atoms with Gasteiger partial charge in [0.05, 0.1) is 6.54 Å². The van der Waals surface area contributed by atoms with Gasteiger partial charge in [0.1, 0.15) is 0 Å². The van der Waals surface area contributed by atoms with Crippen LogP contribution in [0.4, 0.5) is 5.69 Å². The van der Waals surface area contributed by atoms with Crippen LogP contribution in [0.2, 0.25) is 0 Å². The van der Waals surface area contributed by atoms with E-state index in [0.29, 0.717) is 13.1 Å². The monoisotopic (exact) mass is 259 g/mol. The lowest BCUT2D eigenvalue weighted by molar-refractivity contribution is -0.117. The normalized spacial score (nSPS) is 16.0. The van der Waals surface area contributed by atoms with Gasteiger partial charge in [-0.25, -0.2) is 0 Å². The number of nitrogens with two attached hydrogens (primary N) is 1. The predicted molar refractivity (Wildman–Crippen MR) is 77.8 cm³/mol. The first-order valence-electron chi connectivity index (χ1n) is 6.65. The minimum atomic E-state index is 0.0221. The Morgan fingerprint density at radius 3 is 2.89 bits per heavy atom. The molecule has 1 aliphatic rings. The average molecular weight is 259 g/mol. The molecule has 102 valence electrons. The van der Waals surface area contributed by atoms with E-state index in [-0.39, 0.29) is 5.91 Å². The van der Waals surface area contributed by atoms with E-state index in [2.05, 4.69) is 23.2 Å². The summed E-state index contributed by atoms with van der Waals surface area (Å²) in [6.07, 6.45) is 3.23. The van der Waals surface area contributed by atoms with Crippen LogP contribution in [0.15, 0.2) is 35.9 Å². The molecule has 0 fully saturated rings. The number of anilines is 1. The van der Waals surface area contributed by atoms with Gasteiger partial charge in [0.15, 0.2) is 0 Å². The fourth-order valence-corrected chi connectivity index (χ4v) is 2.17. The second kappa shape index (κ2) is 6.50. The summed E-state index contributed by atoms with van der Waals surface area (Å²) in [5, 5.41) is 2.94. The van der Waals surface area contributed by atoms with Crippen molar-refractivity contribution in [3.05, 3.63) is 41.5 Å². The standard InChI is InChI=1S/C15H21N3O/c1-12-6-8-18(9-7-12)11-15(19)17-14-5-3-2-4-13(14)10-16/h2-6H,7-11,16H2,1H3,(H,17,19). The van der Waals surface area contributed by atoms with E-state index in [0.717, 1.165) is 30.8 Å². The highest BCUT2D eigenvalue weighted by atomic mass is 16.2. The number of carbonyl (C=O) groups is 1. The molecule has 1 amide bonds. The number of carbonyl (C=O) groups excluding carboxylic acids is 1. The van der Waals surface area contributed by atoms with Crippen LogP contribution in [0, 0.1) is 0 Å². The second-order valence-electron chi connectivity index (χ2n) is 4.95. The molecule has 0 saturated carbocycles.